The number of nitrogens with one attached hydrogen (secondary N) is 2. The lowest BCUT2D eigenvalue weighted by Gasteiger charge is -2.10. The second-order valence-electron chi connectivity index (χ2n) is 6.47. The predicted molar refractivity (Wildman–Crippen MR) is 110 cm³/mol. The topological polar surface area (TPSA) is 80.2 Å². The Labute approximate surface area is 167 Å². The Morgan fingerprint density at radius 3 is 2.61 bits per heavy atom. The number of thiophene rings is 1. The van der Waals surface area contributed by atoms with Gasteiger partial charge >= 0.3 is 0 Å². The van der Waals surface area contributed by atoms with Gasteiger partial charge in [0.15, 0.2) is 0 Å². The zero-order valence-electron chi connectivity index (χ0n) is 15.6. The van der Waals surface area contributed by atoms with Crippen molar-refractivity contribution in [3.8, 4) is 0 Å². The quantitative estimate of drug-likeness (QED) is 0.632. The zero-order chi connectivity index (χ0) is 20.5. The molecule has 1 aromatic carbocycles. The number of amides is 1. The number of sulfonamides is 1. The molecule has 0 aliphatic carbocycles. The number of carbonyl (C=O) groups excluding carboxylic acids is 1. The molecule has 148 valence electrons. The molecule has 9 heteroatoms. The van der Waals surface area contributed by atoms with Crippen LogP contribution in [0.5, 0.6) is 0 Å². The Hall–Kier alpha value is -2.65. The van der Waals surface area contributed by atoms with Gasteiger partial charge in [-0.2, -0.15) is 0 Å². The van der Waals surface area contributed by atoms with E-state index in [-0.39, 0.29) is 11.6 Å². The second kappa shape index (κ2) is 7.76. The summed E-state index contributed by atoms with van der Waals surface area (Å²) in [6.45, 7) is 4.49. The highest BCUT2D eigenvalue weighted by Gasteiger charge is 2.17. The molecule has 0 aliphatic rings. The molecule has 0 spiro atoms. The summed E-state index contributed by atoms with van der Waals surface area (Å²) in [6, 6.07) is 9.56. The highest BCUT2D eigenvalue weighted by Crippen LogP contribution is 2.23. The van der Waals surface area contributed by atoms with Crippen molar-refractivity contribution in [3.63, 3.8) is 0 Å². The molecule has 0 bridgehead atoms. The van der Waals surface area contributed by atoms with Crippen molar-refractivity contribution in [2.45, 2.75) is 20.4 Å². The summed E-state index contributed by atoms with van der Waals surface area (Å²) < 4.78 is 40.7. The molecule has 0 aliphatic heterocycles. The van der Waals surface area contributed by atoms with Crippen molar-refractivity contribution < 1.29 is 17.6 Å². The highest BCUT2D eigenvalue weighted by atomic mass is 32.2. The summed E-state index contributed by atoms with van der Waals surface area (Å²) in [5.74, 6) is -1.07. The molecule has 1 amide bonds. The summed E-state index contributed by atoms with van der Waals surface area (Å²) >= 11 is 1.65. The maximum Gasteiger partial charge on any atom is 0.257 e. The van der Waals surface area contributed by atoms with E-state index >= 15 is 0 Å². The highest BCUT2D eigenvalue weighted by molar-refractivity contribution is 7.92. The number of rotatable bonds is 6. The van der Waals surface area contributed by atoms with E-state index in [1.54, 1.807) is 17.4 Å². The summed E-state index contributed by atoms with van der Waals surface area (Å²) in [6.07, 6.45) is 0.931. The van der Waals surface area contributed by atoms with Crippen LogP contribution in [0.25, 0.3) is 0 Å². The van der Waals surface area contributed by atoms with E-state index in [0.717, 1.165) is 23.7 Å². The molecule has 0 saturated heterocycles. The number of hydrogen-bond acceptors (Lipinski definition) is 4. The van der Waals surface area contributed by atoms with Gasteiger partial charge in [0.05, 0.1) is 24.1 Å². The molecule has 3 aromatic rings. The third-order valence-electron chi connectivity index (χ3n) is 4.23. The van der Waals surface area contributed by atoms with Crippen LogP contribution in [0, 0.1) is 19.7 Å². The second-order valence-corrected chi connectivity index (χ2v) is 9.25. The minimum Gasteiger partial charge on any atom is -0.343 e. The molecule has 2 aromatic heterocycles. The average molecular weight is 422 g/mol. The summed E-state index contributed by atoms with van der Waals surface area (Å²) in [5, 5.41) is 4.71. The SMILES string of the molecule is Cc1cc(C(=O)Nc2ccc(F)c(NS(C)(=O)=O)c2)c(C)n1Cc1cccs1. The first-order valence-electron chi connectivity index (χ1n) is 8.42. The minimum absolute atomic E-state index is 0.219. The van der Waals surface area contributed by atoms with Crippen LogP contribution < -0.4 is 10.0 Å². The van der Waals surface area contributed by atoms with Crippen LogP contribution in [-0.2, 0) is 16.6 Å². The van der Waals surface area contributed by atoms with Crippen LogP contribution in [0.1, 0.15) is 26.6 Å². The number of nitrogens with zero attached hydrogens (tertiary/aromatic N) is 1. The molecule has 0 saturated carbocycles. The first-order chi connectivity index (χ1) is 13.1. The molecule has 2 heterocycles. The number of halogens is 1. The monoisotopic (exact) mass is 421 g/mol. The van der Waals surface area contributed by atoms with Crippen LogP contribution in [-0.4, -0.2) is 25.1 Å². The fourth-order valence-electron chi connectivity index (χ4n) is 2.91. The van der Waals surface area contributed by atoms with E-state index in [9.17, 15) is 17.6 Å². The molecule has 28 heavy (non-hydrogen) atoms. The van der Waals surface area contributed by atoms with Crippen molar-refractivity contribution in [1.82, 2.24) is 4.57 Å². The van der Waals surface area contributed by atoms with E-state index in [4.69, 9.17) is 0 Å². The van der Waals surface area contributed by atoms with Crippen molar-refractivity contribution >= 4 is 38.6 Å². The van der Waals surface area contributed by atoms with Gasteiger partial charge in [-0.05, 0) is 49.6 Å². The first kappa shape index (κ1) is 20.1. The maximum atomic E-state index is 13.8. The number of carbonyl (C=O) groups is 1. The summed E-state index contributed by atoms with van der Waals surface area (Å²) in [4.78, 5) is 13.9. The van der Waals surface area contributed by atoms with Crippen LogP contribution >= 0.6 is 11.3 Å². The Morgan fingerprint density at radius 2 is 1.96 bits per heavy atom. The van der Waals surface area contributed by atoms with Gasteiger partial charge in [-0.3, -0.25) is 9.52 Å². The number of benzene rings is 1. The molecule has 0 unspecified atom stereocenters. The van der Waals surface area contributed by atoms with E-state index in [1.807, 2.05) is 31.4 Å². The van der Waals surface area contributed by atoms with Crippen LogP contribution in [0.3, 0.4) is 0 Å². The maximum absolute atomic E-state index is 13.8. The number of hydrogen-bond donors (Lipinski definition) is 2. The lowest BCUT2D eigenvalue weighted by atomic mass is 10.2. The third kappa shape index (κ3) is 4.60. The summed E-state index contributed by atoms with van der Waals surface area (Å²) in [5.41, 5.74) is 2.36. The zero-order valence-corrected chi connectivity index (χ0v) is 17.2. The largest absolute Gasteiger partial charge is 0.343 e. The normalized spacial score (nSPS) is 11.4. The standard InChI is InChI=1S/C19H20FN3O3S2/c1-12-9-16(13(2)23(12)11-15-5-4-8-27-15)19(24)21-14-6-7-17(20)18(10-14)22-28(3,25)26/h4-10,22H,11H2,1-3H3,(H,21,24). The van der Waals surface area contributed by atoms with Crippen LogP contribution in [0.4, 0.5) is 15.8 Å². The molecule has 0 atom stereocenters. The Bertz CT molecular complexity index is 1120. The molecule has 0 fully saturated rings. The molecule has 2 N–H and O–H groups in total. The van der Waals surface area contributed by atoms with Gasteiger partial charge in [0.1, 0.15) is 5.82 Å². The van der Waals surface area contributed by atoms with Crippen LogP contribution in [0.2, 0.25) is 0 Å². The molecule has 6 nitrogen and oxygen atoms in total. The van der Waals surface area contributed by atoms with Gasteiger partial charge in [-0.25, -0.2) is 12.8 Å². The van der Waals surface area contributed by atoms with Crippen molar-refractivity contribution in [1.29, 1.82) is 0 Å². The first-order valence-corrected chi connectivity index (χ1v) is 11.2. The number of anilines is 2. The van der Waals surface area contributed by atoms with E-state index < -0.39 is 15.8 Å². The number of aryl methyl sites for hydroxylation is 1. The minimum atomic E-state index is -3.64. The lowest BCUT2D eigenvalue weighted by Crippen LogP contribution is -2.15. The van der Waals surface area contributed by atoms with Crippen LogP contribution in [0.15, 0.2) is 41.8 Å². The molecule has 0 radical (unpaired) electrons. The van der Waals surface area contributed by atoms with Gasteiger partial charge in [-0.15, -0.1) is 11.3 Å². The molecular formula is C19H20FN3O3S2. The molecule has 3 rings (SSSR count). The van der Waals surface area contributed by atoms with Gasteiger partial charge in [0, 0.05) is 22.0 Å². The van der Waals surface area contributed by atoms with Gasteiger partial charge in [0.2, 0.25) is 10.0 Å². The van der Waals surface area contributed by atoms with Crippen molar-refractivity contribution in [2.75, 3.05) is 16.3 Å². The third-order valence-corrected chi connectivity index (χ3v) is 5.68. The van der Waals surface area contributed by atoms with Crippen molar-refractivity contribution in [3.05, 3.63) is 69.4 Å². The predicted octanol–water partition coefficient (Wildman–Crippen LogP) is 3.98. The Kier molecular flexibility index (Phi) is 5.57. The lowest BCUT2D eigenvalue weighted by molar-refractivity contribution is 0.102. The Balaban J connectivity index is 1.83. The molecular weight excluding hydrogens is 401 g/mol. The van der Waals surface area contributed by atoms with E-state index in [1.165, 1.54) is 17.0 Å². The van der Waals surface area contributed by atoms with Gasteiger partial charge < -0.3 is 9.88 Å². The van der Waals surface area contributed by atoms with Gasteiger partial charge in [-0.1, -0.05) is 6.07 Å². The Morgan fingerprint density at radius 1 is 1.21 bits per heavy atom. The van der Waals surface area contributed by atoms with E-state index in [0.29, 0.717) is 17.8 Å². The van der Waals surface area contributed by atoms with Gasteiger partial charge in [0.25, 0.3) is 5.91 Å². The fourth-order valence-corrected chi connectivity index (χ4v) is 4.16. The number of aromatic nitrogens is 1. The van der Waals surface area contributed by atoms with Crippen molar-refractivity contribution in [2.24, 2.45) is 0 Å². The average Bonchev–Trinajstić information content (AvgIpc) is 3.20. The fraction of sp³-hybridized carbons (Fsp3) is 0.211. The smallest absolute Gasteiger partial charge is 0.257 e. The van der Waals surface area contributed by atoms with E-state index in [2.05, 4.69) is 14.6 Å². The summed E-state index contributed by atoms with van der Waals surface area (Å²) in [7, 11) is -3.64.